The van der Waals surface area contributed by atoms with Gasteiger partial charge in [-0.15, -0.1) is 11.8 Å². The van der Waals surface area contributed by atoms with Crippen LogP contribution in [0.15, 0.2) is 89.8 Å². The van der Waals surface area contributed by atoms with Gasteiger partial charge in [0.25, 0.3) is 5.91 Å². The topological polar surface area (TPSA) is 55.4 Å². The lowest BCUT2D eigenvalue weighted by Gasteiger charge is -2.16. The molecular weight excluding hydrogens is 394 g/mol. The third-order valence-electron chi connectivity index (χ3n) is 3.81. The Morgan fingerprint density at radius 2 is 1.50 bits per heavy atom. The lowest BCUT2D eigenvalue weighted by molar-refractivity contribution is -0.146. The molecule has 1 N–H and O–H groups in total. The minimum absolute atomic E-state index is 0.386. The van der Waals surface area contributed by atoms with E-state index in [4.69, 9.17) is 16.3 Å². The summed E-state index contributed by atoms with van der Waals surface area (Å²) in [5, 5.41) is 2.49. The summed E-state index contributed by atoms with van der Waals surface area (Å²) >= 11 is 7.41. The summed E-state index contributed by atoms with van der Waals surface area (Å²) in [4.78, 5) is 25.8. The maximum atomic E-state index is 12.7. The summed E-state index contributed by atoms with van der Waals surface area (Å²) < 4.78 is 5.29. The largest absolute Gasteiger partial charge is 0.454 e. The van der Waals surface area contributed by atoms with Crippen LogP contribution in [0.4, 0.5) is 5.69 Å². The van der Waals surface area contributed by atoms with Gasteiger partial charge in [-0.05, 0) is 29.8 Å². The zero-order valence-electron chi connectivity index (χ0n) is 14.9. The fraction of sp³-hybridized carbons (Fsp3) is 0.0909. The number of hydrogen-bond acceptors (Lipinski definition) is 4. The molecule has 3 aromatic rings. The van der Waals surface area contributed by atoms with Crippen LogP contribution in [0.3, 0.4) is 0 Å². The fourth-order valence-corrected chi connectivity index (χ4v) is 3.70. The summed E-state index contributed by atoms with van der Waals surface area (Å²) in [7, 11) is 0. The minimum atomic E-state index is -0.572. The van der Waals surface area contributed by atoms with E-state index in [9.17, 15) is 9.59 Å². The monoisotopic (exact) mass is 411 g/mol. The smallest absolute Gasteiger partial charge is 0.324 e. The first-order valence-corrected chi connectivity index (χ1v) is 9.87. The van der Waals surface area contributed by atoms with E-state index in [0.29, 0.717) is 10.7 Å². The van der Waals surface area contributed by atoms with Crippen molar-refractivity contribution in [1.29, 1.82) is 0 Å². The van der Waals surface area contributed by atoms with E-state index in [1.54, 1.807) is 24.3 Å². The molecule has 28 heavy (non-hydrogen) atoms. The van der Waals surface area contributed by atoms with Crippen LogP contribution in [0, 0.1) is 0 Å². The predicted octanol–water partition coefficient (Wildman–Crippen LogP) is 5.36. The molecule has 3 rings (SSSR count). The maximum Gasteiger partial charge on any atom is 0.324 e. The number of halogens is 1. The lowest BCUT2D eigenvalue weighted by atomic mass is 10.1. The average molecular weight is 412 g/mol. The van der Waals surface area contributed by atoms with Crippen LogP contribution in [0.25, 0.3) is 0 Å². The number of rotatable bonds is 7. The Labute approximate surface area is 172 Å². The molecule has 0 spiro atoms. The average Bonchev–Trinajstić information content (AvgIpc) is 2.73. The van der Waals surface area contributed by atoms with Crippen molar-refractivity contribution in [2.45, 2.75) is 10.1 Å². The van der Waals surface area contributed by atoms with E-state index in [2.05, 4.69) is 5.32 Å². The maximum absolute atomic E-state index is 12.7. The number of carbonyl (C=O) groups excluding carboxylic acids is 2. The molecule has 1 atom stereocenters. The normalized spacial score (nSPS) is 11.5. The summed E-state index contributed by atoms with van der Waals surface area (Å²) in [6.07, 6.45) is 0. The molecule has 142 valence electrons. The molecule has 1 amide bonds. The summed E-state index contributed by atoms with van der Waals surface area (Å²) in [5.41, 5.74) is 1.29. The van der Waals surface area contributed by atoms with Crippen molar-refractivity contribution in [3.63, 3.8) is 0 Å². The number of carbonyl (C=O) groups is 2. The highest BCUT2D eigenvalue weighted by molar-refractivity contribution is 8.00. The third kappa shape index (κ3) is 5.62. The molecule has 4 nitrogen and oxygen atoms in total. The lowest BCUT2D eigenvalue weighted by Crippen LogP contribution is -2.23. The molecular formula is C22H18ClNO3S. The Hall–Kier alpha value is -2.76. The van der Waals surface area contributed by atoms with Gasteiger partial charge in [0.15, 0.2) is 6.61 Å². The van der Waals surface area contributed by atoms with Crippen molar-refractivity contribution >= 4 is 40.9 Å². The van der Waals surface area contributed by atoms with Crippen molar-refractivity contribution < 1.29 is 14.3 Å². The molecule has 0 aliphatic rings. The van der Waals surface area contributed by atoms with Crippen LogP contribution in [-0.4, -0.2) is 18.5 Å². The molecule has 0 aliphatic heterocycles. The number of amides is 1. The van der Waals surface area contributed by atoms with Gasteiger partial charge >= 0.3 is 5.97 Å². The quantitative estimate of drug-likeness (QED) is 0.420. The molecule has 0 bridgehead atoms. The van der Waals surface area contributed by atoms with Gasteiger partial charge in [-0.3, -0.25) is 9.59 Å². The number of anilines is 1. The van der Waals surface area contributed by atoms with Crippen LogP contribution in [0.5, 0.6) is 0 Å². The predicted molar refractivity (Wildman–Crippen MR) is 113 cm³/mol. The number of nitrogens with one attached hydrogen (secondary N) is 1. The van der Waals surface area contributed by atoms with E-state index in [-0.39, 0.29) is 6.61 Å². The van der Waals surface area contributed by atoms with Crippen molar-refractivity contribution in [2.75, 3.05) is 11.9 Å². The number of para-hydroxylation sites is 1. The molecule has 0 radical (unpaired) electrons. The highest BCUT2D eigenvalue weighted by Gasteiger charge is 2.24. The Bertz CT molecular complexity index is 935. The zero-order chi connectivity index (χ0) is 19.8. The van der Waals surface area contributed by atoms with Crippen LogP contribution in [-0.2, 0) is 14.3 Å². The Balaban J connectivity index is 1.66. The molecule has 0 saturated carbocycles. The Morgan fingerprint density at radius 3 is 2.18 bits per heavy atom. The van der Waals surface area contributed by atoms with E-state index < -0.39 is 17.1 Å². The molecule has 0 unspecified atom stereocenters. The second kappa shape index (κ2) is 9.97. The first kappa shape index (κ1) is 20.0. The highest BCUT2D eigenvalue weighted by Crippen LogP contribution is 2.36. The Morgan fingerprint density at radius 1 is 0.893 bits per heavy atom. The van der Waals surface area contributed by atoms with Crippen molar-refractivity contribution in [3.8, 4) is 0 Å². The van der Waals surface area contributed by atoms with Crippen LogP contribution in [0.1, 0.15) is 10.8 Å². The van der Waals surface area contributed by atoms with Crippen LogP contribution >= 0.6 is 23.4 Å². The fourth-order valence-electron chi connectivity index (χ4n) is 2.48. The highest BCUT2D eigenvalue weighted by atomic mass is 35.5. The van der Waals surface area contributed by atoms with Gasteiger partial charge < -0.3 is 10.1 Å². The van der Waals surface area contributed by atoms with E-state index >= 15 is 0 Å². The zero-order valence-corrected chi connectivity index (χ0v) is 16.5. The van der Waals surface area contributed by atoms with Crippen LogP contribution < -0.4 is 5.32 Å². The number of benzene rings is 3. The molecule has 3 aromatic carbocycles. The van der Waals surface area contributed by atoms with E-state index in [0.717, 1.165) is 10.5 Å². The molecule has 0 heterocycles. The van der Waals surface area contributed by atoms with Crippen LogP contribution in [0.2, 0.25) is 5.02 Å². The number of thioether (sulfide) groups is 1. The summed E-state index contributed by atoms with van der Waals surface area (Å²) in [5.74, 6) is -0.924. The molecule has 6 heteroatoms. The van der Waals surface area contributed by atoms with Gasteiger partial charge in [-0.1, -0.05) is 72.3 Å². The second-order valence-corrected chi connectivity index (χ2v) is 7.44. The van der Waals surface area contributed by atoms with Crippen molar-refractivity contribution in [3.05, 3.63) is 95.5 Å². The van der Waals surface area contributed by atoms with Gasteiger partial charge in [0, 0.05) is 4.90 Å². The standard InChI is InChI=1S/C22H18ClNO3S/c23-18-13-7-8-14-19(18)24-20(25)15-27-22(26)21(16-9-3-1-4-10-16)28-17-11-5-2-6-12-17/h1-14,21H,15H2,(H,24,25)/t21-/m0/s1. The third-order valence-corrected chi connectivity index (χ3v) is 5.38. The van der Waals surface area contributed by atoms with Gasteiger partial charge in [0.05, 0.1) is 10.7 Å². The number of ether oxygens (including phenoxy) is 1. The van der Waals surface area contributed by atoms with E-state index in [1.807, 2.05) is 60.7 Å². The van der Waals surface area contributed by atoms with Crippen molar-refractivity contribution in [1.82, 2.24) is 0 Å². The number of hydrogen-bond donors (Lipinski definition) is 1. The SMILES string of the molecule is O=C(COC(=O)[C@@H](Sc1ccccc1)c1ccccc1)Nc1ccccc1Cl. The number of esters is 1. The van der Waals surface area contributed by atoms with Gasteiger partial charge in [-0.2, -0.15) is 0 Å². The summed E-state index contributed by atoms with van der Waals surface area (Å²) in [6.45, 7) is -0.386. The first-order chi connectivity index (χ1) is 13.6. The molecule has 0 saturated heterocycles. The molecule has 0 fully saturated rings. The first-order valence-electron chi connectivity index (χ1n) is 8.61. The summed E-state index contributed by atoms with van der Waals surface area (Å²) in [6, 6.07) is 25.8. The van der Waals surface area contributed by atoms with Crippen molar-refractivity contribution in [2.24, 2.45) is 0 Å². The second-order valence-electron chi connectivity index (χ2n) is 5.86. The van der Waals surface area contributed by atoms with E-state index in [1.165, 1.54) is 11.8 Å². The van der Waals surface area contributed by atoms with Gasteiger partial charge in [0.1, 0.15) is 5.25 Å². The van der Waals surface area contributed by atoms with Gasteiger partial charge in [-0.25, -0.2) is 0 Å². The molecule has 0 aliphatic carbocycles. The minimum Gasteiger partial charge on any atom is -0.454 e. The van der Waals surface area contributed by atoms with Gasteiger partial charge in [0.2, 0.25) is 0 Å². The molecule has 0 aromatic heterocycles. The Kier molecular flexibility index (Phi) is 7.12.